The third-order valence-electron chi connectivity index (χ3n) is 2.93. The molecule has 1 aliphatic heterocycles. The summed E-state index contributed by atoms with van der Waals surface area (Å²) in [7, 11) is 4.15. The minimum absolute atomic E-state index is 0.714. The Morgan fingerprint density at radius 1 is 1.26 bits per heavy atom. The second-order valence-corrected chi connectivity index (χ2v) is 5.79. The van der Waals surface area contributed by atoms with Crippen molar-refractivity contribution in [2.24, 2.45) is 0 Å². The van der Waals surface area contributed by atoms with Gasteiger partial charge in [0.2, 0.25) is 0 Å². The van der Waals surface area contributed by atoms with E-state index in [1.807, 2.05) is 0 Å². The van der Waals surface area contributed by atoms with Crippen LogP contribution in [0.3, 0.4) is 0 Å². The SMILES string of the molecule is CN(C)CCNCc1cc(Br)c2c(c1)OCCCO2. The molecule has 0 radical (unpaired) electrons. The Hall–Kier alpha value is -0.780. The number of rotatable bonds is 5. The summed E-state index contributed by atoms with van der Waals surface area (Å²) in [5.41, 5.74) is 1.20. The van der Waals surface area contributed by atoms with Crippen molar-refractivity contribution in [3.8, 4) is 11.5 Å². The lowest BCUT2D eigenvalue weighted by Crippen LogP contribution is -2.26. The van der Waals surface area contributed by atoms with E-state index in [1.165, 1.54) is 5.56 Å². The molecule has 1 heterocycles. The minimum Gasteiger partial charge on any atom is -0.490 e. The zero-order valence-electron chi connectivity index (χ0n) is 11.5. The Balaban J connectivity index is 1.98. The largest absolute Gasteiger partial charge is 0.490 e. The highest BCUT2D eigenvalue weighted by Gasteiger charge is 2.14. The van der Waals surface area contributed by atoms with Crippen molar-refractivity contribution >= 4 is 15.9 Å². The molecule has 0 fully saturated rings. The lowest BCUT2D eigenvalue weighted by Gasteiger charge is -2.13. The van der Waals surface area contributed by atoms with Crippen LogP contribution in [-0.4, -0.2) is 45.3 Å². The summed E-state index contributed by atoms with van der Waals surface area (Å²) in [4.78, 5) is 2.16. The molecule has 0 saturated heterocycles. The molecule has 1 N–H and O–H groups in total. The number of benzene rings is 1. The Morgan fingerprint density at radius 2 is 2.05 bits per heavy atom. The van der Waals surface area contributed by atoms with Crippen LogP contribution in [0.5, 0.6) is 11.5 Å². The zero-order chi connectivity index (χ0) is 13.7. The zero-order valence-corrected chi connectivity index (χ0v) is 13.1. The molecule has 2 rings (SSSR count). The first kappa shape index (κ1) is 14.6. The number of fused-ring (bicyclic) bond motifs is 1. The predicted molar refractivity (Wildman–Crippen MR) is 80.0 cm³/mol. The van der Waals surface area contributed by atoms with Gasteiger partial charge in [-0.05, 0) is 47.7 Å². The summed E-state index contributed by atoms with van der Waals surface area (Å²) < 4.78 is 12.4. The molecule has 19 heavy (non-hydrogen) atoms. The summed E-state index contributed by atoms with van der Waals surface area (Å²) in [6.07, 6.45) is 0.928. The van der Waals surface area contributed by atoms with Gasteiger partial charge in [0.25, 0.3) is 0 Å². The number of nitrogens with zero attached hydrogens (tertiary/aromatic N) is 1. The van der Waals surface area contributed by atoms with Gasteiger partial charge in [0, 0.05) is 26.1 Å². The highest BCUT2D eigenvalue weighted by Crippen LogP contribution is 2.38. The van der Waals surface area contributed by atoms with Gasteiger partial charge in [-0.15, -0.1) is 0 Å². The summed E-state index contributed by atoms with van der Waals surface area (Å²) in [6, 6.07) is 4.16. The second kappa shape index (κ2) is 7.12. The molecular formula is C14H21BrN2O2. The quantitative estimate of drug-likeness (QED) is 0.841. The van der Waals surface area contributed by atoms with Gasteiger partial charge < -0.3 is 19.7 Å². The number of ether oxygens (including phenoxy) is 2. The van der Waals surface area contributed by atoms with Crippen LogP contribution < -0.4 is 14.8 Å². The number of hydrogen-bond donors (Lipinski definition) is 1. The molecule has 1 aromatic rings. The molecule has 0 atom stereocenters. The summed E-state index contributed by atoms with van der Waals surface area (Å²) in [6.45, 7) is 4.27. The minimum atomic E-state index is 0.714. The molecule has 0 saturated carbocycles. The van der Waals surface area contributed by atoms with E-state index in [2.05, 4.69) is 52.4 Å². The van der Waals surface area contributed by atoms with Crippen molar-refractivity contribution in [1.82, 2.24) is 10.2 Å². The van der Waals surface area contributed by atoms with Crippen LogP contribution in [0, 0.1) is 0 Å². The molecule has 0 bridgehead atoms. The fourth-order valence-electron chi connectivity index (χ4n) is 1.92. The Morgan fingerprint density at radius 3 is 2.84 bits per heavy atom. The van der Waals surface area contributed by atoms with Gasteiger partial charge in [-0.1, -0.05) is 0 Å². The lowest BCUT2D eigenvalue weighted by molar-refractivity contribution is 0.296. The van der Waals surface area contributed by atoms with Crippen LogP contribution >= 0.6 is 15.9 Å². The Kier molecular flexibility index (Phi) is 5.48. The molecule has 0 amide bonds. The predicted octanol–water partition coefficient (Wildman–Crippen LogP) is 2.26. The Labute approximate surface area is 123 Å². The first-order valence-electron chi connectivity index (χ1n) is 6.60. The average molecular weight is 329 g/mol. The van der Waals surface area contributed by atoms with Gasteiger partial charge in [-0.2, -0.15) is 0 Å². The smallest absolute Gasteiger partial charge is 0.175 e. The number of nitrogens with one attached hydrogen (secondary N) is 1. The fraction of sp³-hybridized carbons (Fsp3) is 0.571. The topological polar surface area (TPSA) is 33.7 Å². The number of halogens is 1. The van der Waals surface area contributed by atoms with E-state index in [1.54, 1.807) is 0 Å². The molecule has 0 spiro atoms. The third kappa shape index (κ3) is 4.37. The lowest BCUT2D eigenvalue weighted by atomic mass is 10.2. The molecule has 5 heteroatoms. The third-order valence-corrected chi connectivity index (χ3v) is 3.52. The number of likely N-dealkylation sites (N-methyl/N-ethyl adjacent to an activating group) is 1. The van der Waals surface area contributed by atoms with Gasteiger partial charge in [-0.25, -0.2) is 0 Å². The van der Waals surface area contributed by atoms with E-state index < -0.39 is 0 Å². The average Bonchev–Trinajstić information content (AvgIpc) is 2.60. The molecule has 1 aromatic carbocycles. The van der Waals surface area contributed by atoms with Crippen LogP contribution in [0.15, 0.2) is 16.6 Å². The van der Waals surface area contributed by atoms with Crippen LogP contribution in [0.25, 0.3) is 0 Å². The van der Waals surface area contributed by atoms with Crippen molar-refractivity contribution in [3.05, 3.63) is 22.2 Å². The Bertz CT molecular complexity index is 424. The van der Waals surface area contributed by atoms with E-state index in [9.17, 15) is 0 Å². The van der Waals surface area contributed by atoms with Gasteiger partial charge in [-0.3, -0.25) is 0 Å². The van der Waals surface area contributed by atoms with Crippen LogP contribution in [-0.2, 0) is 6.54 Å². The summed E-state index contributed by atoms with van der Waals surface area (Å²) >= 11 is 3.56. The molecule has 0 aromatic heterocycles. The normalized spacial score (nSPS) is 14.5. The maximum Gasteiger partial charge on any atom is 0.175 e. The van der Waals surface area contributed by atoms with Crippen LogP contribution in [0.4, 0.5) is 0 Å². The monoisotopic (exact) mass is 328 g/mol. The number of hydrogen-bond acceptors (Lipinski definition) is 4. The van der Waals surface area contributed by atoms with Crippen molar-refractivity contribution in [3.63, 3.8) is 0 Å². The van der Waals surface area contributed by atoms with Crippen molar-refractivity contribution in [2.75, 3.05) is 40.4 Å². The van der Waals surface area contributed by atoms with E-state index in [4.69, 9.17) is 9.47 Å². The summed E-state index contributed by atoms with van der Waals surface area (Å²) in [5, 5.41) is 3.42. The highest BCUT2D eigenvalue weighted by atomic mass is 79.9. The van der Waals surface area contributed by atoms with Crippen molar-refractivity contribution in [1.29, 1.82) is 0 Å². The van der Waals surface area contributed by atoms with E-state index in [-0.39, 0.29) is 0 Å². The molecule has 1 aliphatic rings. The van der Waals surface area contributed by atoms with Gasteiger partial charge >= 0.3 is 0 Å². The van der Waals surface area contributed by atoms with Crippen LogP contribution in [0.1, 0.15) is 12.0 Å². The van der Waals surface area contributed by atoms with Gasteiger partial charge in [0.15, 0.2) is 11.5 Å². The van der Waals surface area contributed by atoms with Crippen LogP contribution in [0.2, 0.25) is 0 Å². The summed E-state index contributed by atoms with van der Waals surface area (Å²) in [5.74, 6) is 1.67. The van der Waals surface area contributed by atoms with Gasteiger partial charge in [0.05, 0.1) is 17.7 Å². The fourth-order valence-corrected chi connectivity index (χ4v) is 2.53. The standard InChI is InChI=1S/C14H21BrN2O2/c1-17(2)5-4-16-10-11-8-12(15)14-13(9-11)18-6-3-7-19-14/h8-9,16H,3-7,10H2,1-2H3. The van der Waals surface area contributed by atoms with Gasteiger partial charge in [0.1, 0.15) is 0 Å². The molecule has 106 valence electrons. The van der Waals surface area contributed by atoms with E-state index >= 15 is 0 Å². The molecule has 0 aliphatic carbocycles. The maximum atomic E-state index is 5.72. The molecular weight excluding hydrogens is 308 g/mol. The first-order valence-corrected chi connectivity index (χ1v) is 7.39. The molecule has 4 nitrogen and oxygen atoms in total. The van der Waals surface area contributed by atoms with E-state index in [0.717, 1.165) is 48.6 Å². The van der Waals surface area contributed by atoms with Crippen molar-refractivity contribution < 1.29 is 9.47 Å². The van der Waals surface area contributed by atoms with E-state index in [0.29, 0.717) is 6.61 Å². The van der Waals surface area contributed by atoms with Crippen molar-refractivity contribution in [2.45, 2.75) is 13.0 Å². The maximum absolute atomic E-state index is 5.72. The molecule has 0 unspecified atom stereocenters. The first-order chi connectivity index (χ1) is 9.16. The highest BCUT2D eigenvalue weighted by molar-refractivity contribution is 9.10. The second-order valence-electron chi connectivity index (χ2n) is 4.94.